The van der Waals surface area contributed by atoms with E-state index in [-0.39, 0.29) is 17.9 Å². The molecule has 0 heterocycles. The molecule has 3 nitrogen and oxygen atoms in total. The second-order valence-corrected chi connectivity index (χ2v) is 3.93. The van der Waals surface area contributed by atoms with Gasteiger partial charge < -0.3 is 10.6 Å². The first kappa shape index (κ1) is 12.5. The Morgan fingerprint density at radius 2 is 2.19 bits per heavy atom. The Kier molecular flexibility index (Phi) is 4.76. The highest BCUT2D eigenvalue weighted by atomic mass is 19.1. The number of amides is 2. The number of hydrogen-bond donors (Lipinski definition) is 2. The summed E-state index contributed by atoms with van der Waals surface area (Å²) < 4.78 is 12.8. The van der Waals surface area contributed by atoms with Crippen LogP contribution in [0.15, 0.2) is 24.3 Å². The lowest BCUT2D eigenvalue weighted by molar-refractivity contribution is 0.238. The van der Waals surface area contributed by atoms with Crippen LogP contribution in [0.3, 0.4) is 0 Å². The first-order valence-electron chi connectivity index (χ1n) is 5.36. The standard InChI is InChI=1S/C12H17FN2O/c1-9(2)15-12(16)14-7-6-10-4-3-5-11(13)8-10/h3-5,8-9H,6-7H2,1-2H3,(H2,14,15,16). The molecule has 0 spiro atoms. The predicted octanol–water partition coefficient (Wildman–Crippen LogP) is 2.08. The quantitative estimate of drug-likeness (QED) is 0.807. The summed E-state index contributed by atoms with van der Waals surface area (Å²) in [6.45, 7) is 4.29. The number of halogens is 1. The number of urea groups is 1. The molecule has 1 aromatic carbocycles. The summed E-state index contributed by atoms with van der Waals surface area (Å²) in [5.41, 5.74) is 0.879. The lowest BCUT2D eigenvalue weighted by Crippen LogP contribution is -2.40. The molecule has 0 radical (unpaired) electrons. The van der Waals surface area contributed by atoms with E-state index in [1.165, 1.54) is 12.1 Å². The minimum atomic E-state index is -0.246. The van der Waals surface area contributed by atoms with E-state index in [1.807, 2.05) is 19.9 Å². The topological polar surface area (TPSA) is 41.1 Å². The van der Waals surface area contributed by atoms with E-state index in [0.29, 0.717) is 13.0 Å². The molecule has 0 saturated heterocycles. The van der Waals surface area contributed by atoms with Crippen LogP contribution in [0.25, 0.3) is 0 Å². The highest BCUT2D eigenvalue weighted by Crippen LogP contribution is 2.03. The van der Waals surface area contributed by atoms with E-state index >= 15 is 0 Å². The van der Waals surface area contributed by atoms with Crippen LogP contribution >= 0.6 is 0 Å². The SMILES string of the molecule is CC(C)NC(=O)NCCc1cccc(F)c1. The van der Waals surface area contributed by atoms with Crippen LogP contribution in [0.4, 0.5) is 9.18 Å². The predicted molar refractivity (Wildman–Crippen MR) is 61.8 cm³/mol. The Bertz CT molecular complexity index is 353. The highest BCUT2D eigenvalue weighted by molar-refractivity contribution is 5.74. The molecule has 0 aliphatic carbocycles. The summed E-state index contributed by atoms with van der Waals surface area (Å²) in [5.74, 6) is -0.246. The van der Waals surface area contributed by atoms with Gasteiger partial charge in [0.2, 0.25) is 0 Å². The van der Waals surface area contributed by atoms with Crippen LogP contribution in [-0.2, 0) is 6.42 Å². The third kappa shape index (κ3) is 4.77. The molecule has 0 atom stereocenters. The summed E-state index contributed by atoms with van der Waals surface area (Å²) >= 11 is 0. The van der Waals surface area contributed by atoms with Gasteiger partial charge in [0.1, 0.15) is 5.82 Å². The minimum absolute atomic E-state index is 0.120. The summed E-state index contributed by atoms with van der Waals surface area (Å²) in [5, 5.41) is 5.43. The summed E-state index contributed by atoms with van der Waals surface area (Å²) in [7, 11) is 0. The van der Waals surface area contributed by atoms with E-state index in [2.05, 4.69) is 10.6 Å². The van der Waals surface area contributed by atoms with Crippen molar-refractivity contribution in [1.29, 1.82) is 0 Å². The van der Waals surface area contributed by atoms with Gasteiger partial charge in [0.25, 0.3) is 0 Å². The molecule has 16 heavy (non-hydrogen) atoms. The molecule has 0 aliphatic heterocycles. The van der Waals surface area contributed by atoms with Crippen molar-refractivity contribution in [2.45, 2.75) is 26.3 Å². The number of rotatable bonds is 4. The average Bonchev–Trinajstić information content (AvgIpc) is 2.16. The molecule has 4 heteroatoms. The number of carbonyl (C=O) groups is 1. The lowest BCUT2D eigenvalue weighted by atomic mass is 10.1. The maximum absolute atomic E-state index is 12.8. The minimum Gasteiger partial charge on any atom is -0.338 e. The Labute approximate surface area is 95.0 Å². The van der Waals surface area contributed by atoms with Crippen molar-refractivity contribution < 1.29 is 9.18 Å². The van der Waals surface area contributed by atoms with E-state index in [0.717, 1.165) is 5.56 Å². The zero-order chi connectivity index (χ0) is 12.0. The number of nitrogens with one attached hydrogen (secondary N) is 2. The fourth-order valence-electron chi connectivity index (χ4n) is 1.33. The molecule has 0 unspecified atom stereocenters. The molecular weight excluding hydrogens is 207 g/mol. The summed E-state index contributed by atoms with van der Waals surface area (Å²) in [4.78, 5) is 11.2. The zero-order valence-electron chi connectivity index (χ0n) is 9.59. The van der Waals surface area contributed by atoms with Gasteiger partial charge in [0, 0.05) is 12.6 Å². The maximum atomic E-state index is 12.8. The molecule has 88 valence electrons. The Balaban J connectivity index is 2.28. The van der Waals surface area contributed by atoms with Crippen molar-refractivity contribution in [3.63, 3.8) is 0 Å². The number of hydrogen-bond acceptors (Lipinski definition) is 1. The zero-order valence-corrected chi connectivity index (χ0v) is 9.59. The Morgan fingerprint density at radius 3 is 2.81 bits per heavy atom. The number of carbonyl (C=O) groups excluding carboxylic acids is 1. The molecular formula is C12H17FN2O. The van der Waals surface area contributed by atoms with Crippen molar-refractivity contribution in [2.24, 2.45) is 0 Å². The van der Waals surface area contributed by atoms with Crippen molar-refractivity contribution in [2.75, 3.05) is 6.54 Å². The molecule has 1 aromatic rings. The van der Waals surface area contributed by atoms with Gasteiger partial charge in [-0.15, -0.1) is 0 Å². The molecule has 2 N–H and O–H groups in total. The van der Waals surface area contributed by atoms with E-state index in [9.17, 15) is 9.18 Å². The normalized spacial score (nSPS) is 10.2. The van der Waals surface area contributed by atoms with Gasteiger partial charge in [-0.2, -0.15) is 0 Å². The van der Waals surface area contributed by atoms with Gasteiger partial charge in [-0.3, -0.25) is 0 Å². The molecule has 0 saturated carbocycles. The third-order valence-electron chi connectivity index (χ3n) is 2.01. The van der Waals surface area contributed by atoms with Crippen molar-refractivity contribution in [3.05, 3.63) is 35.6 Å². The smallest absolute Gasteiger partial charge is 0.314 e. The third-order valence-corrected chi connectivity index (χ3v) is 2.01. The Morgan fingerprint density at radius 1 is 1.44 bits per heavy atom. The van der Waals surface area contributed by atoms with Crippen molar-refractivity contribution in [3.8, 4) is 0 Å². The van der Waals surface area contributed by atoms with Crippen LogP contribution in [0, 0.1) is 5.82 Å². The second kappa shape index (κ2) is 6.10. The van der Waals surface area contributed by atoms with Crippen LogP contribution in [0.1, 0.15) is 19.4 Å². The Hall–Kier alpha value is -1.58. The second-order valence-electron chi connectivity index (χ2n) is 3.93. The van der Waals surface area contributed by atoms with Gasteiger partial charge in [0.15, 0.2) is 0 Å². The van der Waals surface area contributed by atoms with E-state index < -0.39 is 0 Å². The van der Waals surface area contributed by atoms with Gasteiger partial charge in [-0.05, 0) is 38.0 Å². The molecule has 1 rings (SSSR count). The van der Waals surface area contributed by atoms with E-state index in [1.54, 1.807) is 6.07 Å². The first-order valence-corrected chi connectivity index (χ1v) is 5.36. The lowest BCUT2D eigenvalue weighted by Gasteiger charge is -2.09. The van der Waals surface area contributed by atoms with Crippen LogP contribution in [0.2, 0.25) is 0 Å². The summed E-state index contributed by atoms with van der Waals surface area (Å²) in [6, 6.07) is 6.31. The van der Waals surface area contributed by atoms with Crippen molar-refractivity contribution in [1.82, 2.24) is 10.6 Å². The highest BCUT2D eigenvalue weighted by Gasteiger charge is 2.01. The first-order chi connectivity index (χ1) is 7.58. The van der Waals surface area contributed by atoms with Crippen molar-refractivity contribution >= 4 is 6.03 Å². The maximum Gasteiger partial charge on any atom is 0.314 e. The average molecular weight is 224 g/mol. The van der Waals surface area contributed by atoms with Gasteiger partial charge in [-0.1, -0.05) is 12.1 Å². The van der Waals surface area contributed by atoms with E-state index in [4.69, 9.17) is 0 Å². The van der Waals surface area contributed by atoms with Gasteiger partial charge in [0.05, 0.1) is 0 Å². The molecule has 0 bridgehead atoms. The van der Waals surface area contributed by atoms with Crippen LogP contribution in [-0.4, -0.2) is 18.6 Å². The van der Waals surface area contributed by atoms with Crippen LogP contribution in [0.5, 0.6) is 0 Å². The van der Waals surface area contributed by atoms with Crippen LogP contribution < -0.4 is 10.6 Å². The fraction of sp³-hybridized carbons (Fsp3) is 0.417. The van der Waals surface area contributed by atoms with Gasteiger partial charge in [-0.25, -0.2) is 9.18 Å². The fourth-order valence-corrected chi connectivity index (χ4v) is 1.33. The largest absolute Gasteiger partial charge is 0.338 e. The van der Waals surface area contributed by atoms with Gasteiger partial charge >= 0.3 is 6.03 Å². The molecule has 2 amide bonds. The monoisotopic (exact) mass is 224 g/mol. The molecule has 0 aliphatic rings. The molecule has 0 fully saturated rings. The summed E-state index contributed by atoms with van der Waals surface area (Å²) in [6.07, 6.45) is 0.628. The number of benzene rings is 1. The molecule has 0 aromatic heterocycles.